The van der Waals surface area contributed by atoms with E-state index in [1.54, 1.807) is 32.2 Å². The number of aryl methyl sites for hydroxylation is 1. The quantitative estimate of drug-likeness (QED) is 0.750. The molecule has 1 aromatic carbocycles. The van der Waals surface area contributed by atoms with Crippen molar-refractivity contribution in [2.45, 2.75) is 25.9 Å². The van der Waals surface area contributed by atoms with Crippen LogP contribution >= 0.6 is 0 Å². The molecular formula is C18H22N4O3. The van der Waals surface area contributed by atoms with E-state index in [1.165, 1.54) is 6.08 Å². The molecule has 0 N–H and O–H groups in total. The molecule has 2 aromatic rings. The molecule has 0 saturated heterocycles. The standard InChI is InChI=1S/C18H22N4O3/c1-21(12-17-20-19-16-5-4-10-22(16)17)18(23)9-6-13-11-14(24-2)7-8-15(13)25-3/h6-9,11H,4-5,10,12H2,1-3H3/b9-6+. The molecule has 0 aliphatic carbocycles. The minimum absolute atomic E-state index is 0.111. The maximum Gasteiger partial charge on any atom is 0.246 e. The molecule has 3 rings (SSSR count). The van der Waals surface area contributed by atoms with Crippen LogP contribution in [0.4, 0.5) is 0 Å². The number of rotatable bonds is 6. The van der Waals surface area contributed by atoms with Crippen LogP contribution in [0, 0.1) is 0 Å². The van der Waals surface area contributed by atoms with Crippen molar-refractivity contribution < 1.29 is 14.3 Å². The molecule has 0 atom stereocenters. The Balaban J connectivity index is 1.69. The Hall–Kier alpha value is -2.83. The molecule has 1 amide bonds. The fourth-order valence-corrected chi connectivity index (χ4v) is 2.88. The van der Waals surface area contributed by atoms with Gasteiger partial charge in [0.2, 0.25) is 5.91 Å². The number of carbonyl (C=O) groups is 1. The Morgan fingerprint density at radius 2 is 2.16 bits per heavy atom. The summed E-state index contributed by atoms with van der Waals surface area (Å²) in [4.78, 5) is 14.0. The Bertz CT molecular complexity index is 798. The van der Waals surface area contributed by atoms with Gasteiger partial charge in [-0.3, -0.25) is 4.79 Å². The van der Waals surface area contributed by atoms with Crippen molar-refractivity contribution in [3.8, 4) is 11.5 Å². The van der Waals surface area contributed by atoms with Crippen LogP contribution in [0.2, 0.25) is 0 Å². The number of aromatic nitrogens is 3. The lowest BCUT2D eigenvalue weighted by Gasteiger charge is -2.15. The van der Waals surface area contributed by atoms with Crippen molar-refractivity contribution >= 4 is 12.0 Å². The molecule has 0 saturated carbocycles. The Labute approximate surface area is 146 Å². The van der Waals surface area contributed by atoms with E-state index in [4.69, 9.17) is 9.47 Å². The van der Waals surface area contributed by atoms with E-state index in [9.17, 15) is 4.79 Å². The van der Waals surface area contributed by atoms with E-state index in [1.807, 2.05) is 18.2 Å². The lowest BCUT2D eigenvalue weighted by atomic mass is 10.1. The van der Waals surface area contributed by atoms with Crippen molar-refractivity contribution in [2.75, 3.05) is 21.3 Å². The third-order valence-corrected chi connectivity index (χ3v) is 4.28. The number of amides is 1. The summed E-state index contributed by atoms with van der Waals surface area (Å²) in [6.07, 6.45) is 5.30. The Kier molecular flexibility index (Phi) is 5.02. The van der Waals surface area contributed by atoms with Gasteiger partial charge < -0.3 is 18.9 Å². The van der Waals surface area contributed by atoms with Gasteiger partial charge in [0.1, 0.15) is 17.3 Å². The number of hydrogen-bond acceptors (Lipinski definition) is 5. The number of nitrogens with zero attached hydrogens (tertiary/aromatic N) is 4. The Morgan fingerprint density at radius 3 is 2.92 bits per heavy atom. The Morgan fingerprint density at radius 1 is 1.32 bits per heavy atom. The van der Waals surface area contributed by atoms with E-state index >= 15 is 0 Å². The van der Waals surface area contributed by atoms with Crippen molar-refractivity contribution in [1.29, 1.82) is 0 Å². The number of benzene rings is 1. The third kappa shape index (κ3) is 3.65. The summed E-state index contributed by atoms with van der Waals surface area (Å²) in [5.74, 6) is 3.12. The fraction of sp³-hybridized carbons (Fsp3) is 0.389. The second-order valence-corrected chi connectivity index (χ2v) is 5.92. The molecule has 1 aromatic heterocycles. The van der Waals surface area contributed by atoms with E-state index < -0.39 is 0 Å². The van der Waals surface area contributed by atoms with Gasteiger partial charge in [-0.25, -0.2) is 0 Å². The lowest BCUT2D eigenvalue weighted by Crippen LogP contribution is -2.26. The van der Waals surface area contributed by atoms with Gasteiger partial charge >= 0.3 is 0 Å². The van der Waals surface area contributed by atoms with E-state index in [0.29, 0.717) is 18.0 Å². The minimum atomic E-state index is -0.111. The zero-order chi connectivity index (χ0) is 17.8. The summed E-state index contributed by atoms with van der Waals surface area (Å²) >= 11 is 0. The largest absolute Gasteiger partial charge is 0.497 e. The van der Waals surface area contributed by atoms with Crippen LogP contribution in [-0.4, -0.2) is 46.8 Å². The number of methoxy groups -OCH3 is 2. The first-order valence-corrected chi connectivity index (χ1v) is 8.18. The van der Waals surface area contributed by atoms with Crippen molar-refractivity contribution in [3.63, 3.8) is 0 Å². The average molecular weight is 342 g/mol. The molecule has 1 aliphatic heterocycles. The topological polar surface area (TPSA) is 69.5 Å². The van der Waals surface area contributed by atoms with Crippen molar-refractivity contribution in [2.24, 2.45) is 0 Å². The second kappa shape index (κ2) is 7.38. The summed E-state index contributed by atoms with van der Waals surface area (Å²) in [5, 5.41) is 8.36. The molecule has 0 radical (unpaired) electrons. The maximum absolute atomic E-state index is 12.4. The number of hydrogen-bond donors (Lipinski definition) is 0. The predicted molar refractivity (Wildman–Crippen MR) is 93.4 cm³/mol. The van der Waals surface area contributed by atoms with Crippen LogP contribution in [0.15, 0.2) is 24.3 Å². The van der Waals surface area contributed by atoms with E-state index in [-0.39, 0.29) is 5.91 Å². The molecule has 2 heterocycles. The average Bonchev–Trinajstić information content (AvgIpc) is 3.24. The highest BCUT2D eigenvalue weighted by Crippen LogP contribution is 2.25. The van der Waals surface area contributed by atoms with Crippen LogP contribution in [0.1, 0.15) is 23.6 Å². The lowest BCUT2D eigenvalue weighted by molar-refractivity contribution is -0.125. The van der Waals surface area contributed by atoms with Gasteiger partial charge in [-0.05, 0) is 30.7 Å². The van der Waals surface area contributed by atoms with Crippen molar-refractivity contribution in [3.05, 3.63) is 41.5 Å². The summed E-state index contributed by atoms with van der Waals surface area (Å²) < 4.78 is 12.6. The molecule has 1 aliphatic rings. The molecule has 0 spiro atoms. The van der Waals surface area contributed by atoms with E-state index in [2.05, 4.69) is 14.8 Å². The number of fused-ring (bicyclic) bond motifs is 1. The van der Waals surface area contributed by atoms with Gasteiger partial charge in [0.25, 0.3) is 0 Å². The molecule has 7 heteroatoms. The van der Waals surface area contributed by atoms with E-state index in [0.717, 1.165) is 36.6 Å². The summed E-state index contributed by atoms with van der Waals surface area (Å²) in [7, 11) is 4.95. The maximum atomic E-state index is 12.4. The smallest absolute Gasteiger partial charge is 0.246 e. The van der Waals surface area contributed by atoms with Gasteiger partial charge in [-0.15, -0.1) is 10.2 Å². The van der Waals surface area contributed by atoms with Crippen LogP contribution < -0.4 is 9.47 Å². The van der Waals surface area contributed by atoms with Crippen molar-refractivity contribution in [1.82, 2.24) is 19.7 Å². The minimum Gasteiger partial charge on any atom is -0.497 e. The van der Waals surface area contributed by atoms with Crippen LogP contribution in [0.25, 0.3) is 6.08 Å². The zero-order valence-corrected chi connectivity index (χ0v) is 14.7. The van der Waals surface area contributed by atoms with Crippen LogP contribution in [0.3, 0.4) is 0 Å². The van der Waals surface area contributed by atoms with Gasteiger partial charge in [0.15, 0.2) is 5.82 Å². The molecule has 0 fully saturated rings. The first-order valence-electron chi connectivity index (χ1n) is 8.18. The van der Waals surface area contributed by atoms with Gasteiger partial charge in [0, 0.05) is 31.7 Å². The third-order valence-electron chi connectivity index (χ3n) is 4.28. The molecule has 132 valence electrons. The van der Waals surface area contributed by atoms with Crippen LogP contribution in [-0.2, 0) is 24.3 Å². The molecular weight excluding hydrogens is 320 g/mol. The predicted octanol–water partition coefficient (Wildman–Crippen LogP) is 1.91. The highest BCUT2D eigenvalue weighted by molar-refractivity contribution is 5.92. The second-order valence-electron chi connectivity index (χ2n) is 5.92. The summed E-state index contributed by atoms with van der Waals surface area (Å²) in [6, 6.07) is 5.45. The number of carbonyl (C=O) groups excluding carboxylic acids is 1. The fourth-order valence-electron chi connectivity index (χ4n) is 2.88. The van der Waals surface area contributed by atoms with Gasteiger partial charge in [-0.1, -0.05) is 0 Å². The molecule has 7 nitrogen and oxygen atoms in total. The SMILES string of the molecule is COc1ccc(OC)c(/C=C/C(=O)N(C)Cc2nnc3n2CCC3)c1. The summed E-state index contributed by atoms with van der Waals surface area (Å²) in [5.41, 5.74) is 0.784. The van der Waals surface area contributed by atoms with Crippen LogP contribution in [0.5, 0.6) is 11.5 Å². The first-order chi connectivity index (χ1) is 12.1. The number of likely N-dealkylation sites (N-methyl/N-ethyl adjacent to an activating group) is 1. The van der Waals surface area contributed by atoms with Gasteiger partial charge in [-0.2, -0.15) is 0 Å². The normalized spacial score (nSPS) is 13.1. The first kappa shape index (κ1) is 17.0. The zero-order valence-electron chi connectivity index (χ0n) is 14.7. The number of ether oxygens (including phenoxy) is 2. The molecule has 0 unspecified atom stereocenters. The highest BCUT2D eigenvalue weighted by Gasteiger charge is 2.19. The summed E-state index contributed by atoms with van der Waals surface area (Å²) in [6.45, 7) is 1.36. The monoisotopic (exact) mass is 342 g/mol. The van der Waals surface area contributed by atoms with Gasteiger partial charge in [0.05, 0.1) is 20.8 Å². The highest BCUT2D eigenvalue weighted by atomic mass is 16.5. The molecule has 25 heavy (non-hydrogen) atoms. The molecule has 0 bridgehead atoms.